The number of likely N-dealkylation sites (tertiary alicyclic amines) is 1. The van der Waals surface area contributed by atoms with E-state index in [1.807, 2.05) is 23.8 Å². The molecule has 0 saturated carbocycles. The zero-order valence-electron chi connectivity index (χ0n) is 14.0. The second-order valence-corrected chi connectivity index (χ2v) is 6.06. The van der Waals surface area contributed by atoms with E-state index in [4.69, 9.17) is 8.94 Å². The summed E-state index contributed by atoms with van der Waals surface area (Å²) >= 11 is 0. The Labute approximate surface area is 144 Å². The molecule has 3 aromatic rings. The Morgan fingerprint density at radius 3 is 3.08 bits per heavy atom. The van der Waals surface area contributed by atoms with Gasteiger partial charge in [0.15, 0.2) is 11.6 Å². The van der Waals surface area contributed by atoms with Crippen LogP contribution in [0.1, 0.15) is 53.8 Å². The van der Waals surface area contributed by atoms with Gasteiger partial charge in [-0.3, -0.25) is 4.79 Å². The summed E-state index contributed by atoms with van der Waals surface area (Å²) in [4.78, 5) is 23.0. The number of carbonyl (C=O) groups is 1. The second-order valence-electron chi connectivity index (χ2n) is 6.06. The van der Waals surface area contributed by atoms with Gasteiger partial charge >= 0.3 is 0 Å². The van der Waals surface area contributed by atoms with Gasteiger partial charge in [0.1, 0.15) is 5.76 Å². The van der Waals surface area contributed by atoms with Crippen molar-refractivity contribution in [1.29, 1.82) is 0 Å². The van der Waals surface area contributed by atoms with E-state index >= 15 is 0 Å². The number of aryl methyl sites for hydroxylation is 1. The molecule has 1 aliphatic heterocycles. The van der Waals surface area contributed by atoms with Crippen molar-refractivity contribution in [3.05, 3.63) is 54.1 Å². The standard InChI is InChI=1S/C17H19N5O3/c1-2-15-19-16(20-25-15)13-4-3-8-22(13)17(23)14-6-5-12(24-14)10-21-9-7-18-11-21/h5-7,9,11,13H,2-4,8,10H2,1H3/t13-/m1/s1. The average molecular weight is 341 g/mol. The number of imidazole rings is 1. The summed E-state index contributed by atoms with van der Waals surface area (Å²) in [5.74, 6) is 2.08. The van der Waals surface area contributed by atoms with E-state index in [2.05, 4.69) is 15.1 Å². The summed E-state index contributed by atoms with van der Waals surface area (Å²) in [6, 6.07) is 3.39. The highest BCUT2D eigenvalue weighted by Gasteiger charge is 2.35. The summed E-state index contributed by atoms with van der Waals surface area (Å²) in [6.45, 7) is 3.16. The molecule has 4 rings (SSSR count). The maximum absolute atomic E-state index is 12.8. The molecule has 130 valence electrons. The van der Waals surface area contributed by atoms with E-state index in [-0.39, 0.29) is 11.9 Å². The number of rotatable bonds is 5. The van der Waals surface area contributed by atoms with Crippen LogP contribution in [-0.4, -0.2) is 37.0 Å². The Morgan fingerprint density at radius 1 is 1.40 bits per heavy atom. The van der Waals surface area contributed by atoms with Crippen LogP contribution in [0.15, 0.2) is 39.8 Å². The van der Waals surface area contributed by atoms with Crippen LogP contribution in [0.3, 0.4) is 0 Å². The van der Waals surface area contributed by atoms with Gasteiger partial charge in [0, 0.05) is 25.4 Å². The first-order chi connectivity index (χ1) is 12.2. The van der Waals surface area contributed by atoms with Crippen LogP contribution in [0.4, 0.5) is 0 Å². The molecule has 1 amide bonds. The largest absolute Gasteiger partial charge is 0.454 e. The lowest BCUT2D eigenvalue weighted by atomic mass is 10.2. The van der Waals surface area contributed by atoms with Crippen molar-refractivity contribution in [2.24, 2.45) is 0 Å². The molecule has 0 aliphatic carbocycles. The molecule has 8 nitrogen and oxygen atoms in total. The predicted octanol–water partition coefficient (Wildman–Crippen LogP) is 2.45. The molecule has 4 heterocycles. The van der Waals surface area contributed by atoms with E-state index in [1.54, 1.807) is 23.5 Å². The van der Waals surface area contributed by atoms with E-state index in [9.17, 15) is 4.79 Å². The zero-order valence-corrected chi connectivity index (χ0v) is 14.0. The number of hydrogen-bond donors (Lipinski definition) is 0. The Bertz CT molecular complexity index is 851. The van der Waals surface area contributed by atoms with Gasteiger partial charge < -0.3 is 18.4 Å². The molecule has 0 unspecified atom stereocenters. The fraction of sp³-hybridized carbons (Fsp3) is 0.412. The quantitative estimate of drug-likeness (QED) is 0.708. The third-order valence-electron chi connectivity index (χ3n) is 4.37. The number of carbonyl (C=O) groups excluding carboxylic acids is 1. The van der Waals surface area contributed by atoms with Gasteiger partial charge in [-0.2, -0.15) is 4.98 Å². The molecule has 1 fully saturated rings. The normalized spacial score (nSPS) is 17.3. The fourth-order valence-electron chi connectivity index (χ4n) is 3.10. The highest BCUT2D eigenvalue weighted by atomic mass is 16.5. The SMILES string of the molecule is CCc1nc([C@H]2CCCN2C(=O)c2ccc(Cn3ccnc3)o2)no1. The lowest BCUT2D eigenvalue weighted by Gasteiger charge is -2.20. The molecular weight excluding hydrogens is 322 g/mol. The third kappa shape index (κ3) is 3.07. The van der Waals surface area contributed by atoms with Crippen LogP contribution in [0.25, 0.3) is 0 Å². The van der Waals surface area contributed by atoms with Crippen molar-refractivity contribution >= 4 is 5.91 Å². The molecule has 0 radical (unpaired) electrons. The molecule has 0 N–H and O–H groups in total. The van der Waals surface area contributed by atoms with E-state index in [0.717, 1.165) is 12.8 Å². The minimum Gasteiger partial charge on any atom is -0.454 e. The number of aromatic nitrogens is 4. The van der Waals surface area contributed by atoms with Gasteiger partial charge in [-0.15, -0.1) is 0 Å². The molecule has 1 saturated heterocycles. The van der Waals surface area contributed by atoms with Crippen molar-refractivity contribution < 1.29 is 13.7 Å². The van der Waals surface area contributed by atoms with Crippen molar-refractivity contribution in [3.8, 4) is 0 Å². The van der Waals surface area contributed by atoms with Crippen molar-refractivity contribution in [2.75, 3.05) is 6.54 Å². The summed E-state index contributed by atoms with van der Waals surface area (Å²) in [5, 5.41) is 4.03. The first-order valence-electron chi connectivity index (χ1n) is 8.42. The minimum absolute atomic E-state index is 0.137. The Kier molecular flexibility index (Phi) is 4.09. The van der Waals surface area contributed by atoms with Gasteiger partial charge in [-0.05, 0) is 25.0 Å². The van der Waals surface area contributed by atoms with Gasteiger partial charge in [-0.25, -0.2) is 4.98 Å². The summed E-state index contributed by atoms with van der Waals surface area (Å²) in [7, 11) is 0. The average Bonchev–Trinajstić information content (AvgIpc) is 3.39. The predicted molar refractivity (Wildman–Crippen MR) is 86.7 cm³/mol. The van der Waals surface area contributed by atoms with E-state index in [0.29, 0.717) is 42.7 Å². The van der Waals surface area contributed by atoms with E-state index in [1.165, 1.54) is 0 Å². The monoisotopic (exact) mass is 341 g/mol. The molecular formula is C17H19N5O3. The van der Waals surface area contributed by atoms with E-state index < -0.39 is 0 Å². The topological polar surface area (TPSA) is 90.2 Å². The third-order valence-corrected chi connectivity index (χ3v) is 4.37. The fourth-order valence-corrected chi connectivity index (χ4v) is 3.10. The van der Waals surface area contributed by atoms with Gasteiger partial charge in [-0.1, -0.05) is 12.1 Å². The van der Waals surface area contributed by atoms with Crippen LogP contribution in [0, 0.1) is 0 Å². The van der Waals surface area contributed by atoms with Gasteiger partial charge in [0.25, 0.3) is 5.91 Å². The molecule has 0 bridgehead atoms. The van der Waals surface area contributed by atoms with Crippen LogP contribution in [0.5, 0.6) is 0 Å². The first kappa shape index (κ1) is 15.6. The minimum atomic E-state index is -0.154. The highest BCUT2D eigenvalue weighted by Crippen LogP contribution is 2.31. The molecule has 1 aliphatic rings. The maximum atomic E-state index is 12.8. The van der Waals surface area contributed by atoms with Crippen molar-refractivity contribution in [1.82, 2.24) is 24.6 Å². The molecule has 0 spiro atoms. The van der Waals surface area contributed by atoms with Crippen molar-refractivity contribution in [3.63, 3.8) is 0 Å². The molecule has 8 heteroatoms. The molecule has 3 aromatic heterocycles. The summed E-state index contributed by atoms with van der Waals surface area (Å²) in [6.07, 6.45) is 7.69. The Morgan fingerprint density at radius 2 is 2.32 bits per heavy atom. The van der Waals surface area contributed by atoms with Gasteiger partial charge in [0.2, 0.25) is 5.89 Å². The van der Waals surface area contributed by atoms with Crippen LogP contribution < -0.4 is 0 Å². The lowest BCUT2D eigenvalue weighted by molar-refractivity contribution is 0.0694. The number of nitrogens with zero attached hydrogens (tertiary/aromatic N) is 5. The smallest absolute Gasteiger partial charge is 0.290 e. The lowest BCUT2D eigenvalue weighted by Crippen LogP contribution is -2.30. The van der Waals surface area contributed by atoms with Crippen LogP contribution >= 0.6 is 0 Å². The number of hydrogen-bond acceptors (Lipinski definition) is 6. The molecule has 25 heavy (non-hydrogen) atoms. The first-order valence-corrected chi connectivity index (χ1v) is 8.42. The van der Waals surface area contributed by atoms with Crippen molar-refractivity contribution in [2.45, 2.75) is 38.8 Å². The highest BCUT2D eigenvalue weighted by molar-refractivity contribution is 5.92. The van der Waals surface area contributed by atoms with Gasteiger partial charge in [0.05, 0.1) is 18.9 Å². The summed E-state index contributed by atoms with van der Waals surface area (Å²) < 4.78 is 12.8. The number of furan rings is 1. The molecule has 0 aromatic carbocycles. The maximum Gasteiger partial charge on any atom is 0.290 e. The Hall–Kier alpha value is -2.90. The van der Waals surface area contributed by atoms with Crippen LogP contribution in [-0.2, 0) is 13.0 Å². The second kappa shape index (κ2) is 6.54. The number of amides is 1. The molecule has 1 atom stereocenters. The van der Waals surface area contributed by atoms with Crippen LogP contribution in [0.2, 0.25) is 0 Å². The zero-order chi connectivity index (χ0) is 17.2. The Balaban J connectivity index is 1.50. The summed E-state index contributed by atoms with van der Waals surface area (Å²) in [5.41, 5.74) is 0.